The Bertz CT molecular complexity index is 505. The highest BCUT2D eigenvalue weighted by Crippen LogP contribution is 2.34. The van der Waals surface area contributed by atoms with E-state index in [2.05, 4.69) is 11.2 Å². The summed E-state index contributed by atoms with van der Waals surface area (Å²) >= 11 is 0. The van der Waals surface area contributed by atoms with Crippen LogP contribution in [0.3, 0.4) is 0 Å². The highest BCUT2D eigenvalue weighted by atomic mass is 19.1. The van der Waals surface area contributed by atoms with Gasteiger partial charge in [-0.15, -0.1) is 6.42 Å². The Morgan fingerprint density at radius 1 is 1.58 bits per heavy atom. The minimum absolute atomic E-state index is 0.187. The second kappa shape index (κ2) is 5.75. The van der Waals surface area contributed by atoms with E-state index in [1.165, 1.54) is 6.07 Å². The molecule has 1 fully saturated rings. The van der Waals surface area contributed by atoms with Gasteiger partial charge < -0.3 is 10.2 Å². The first-order valence-corrected chi connectivity index (χ1v) is 6.39. The lowest BCUT2D eigenvalue weighted by Gasteiger charge is -2.29. The Hall–Kier alpha value is -2.02. The number of carbonyl (C=O) groups is 1. The van der Waals surface area contributed by atoms with E-state index in [-0.39, 0.29) is 30.5 Å². The molecule has 0 heterocycles. The predicted molar refractivity (Wildman–Crippen MR) is 71.9 cm³/mol. The quantitative estimate of drug-likeness (QED) is 0.829. The molecule has 4 heteroatoms. The zero-order chi connectivity index (χ0) is 13.8. The second-order valence-electron chi connectivity index (χ2n) is 4.70. The average Bonchev–Trinajstić information content (AvgIpc) is 3.21. The molecular formula is C15H17FN2O. The maximum Gasteiger partial charge on any atom is 0.318 e. The maximum atomic E-state index is 13.8. The van der Waals surface area contributed by atoms with Crippen molar-refractivity contribution in [1.82, 2.24) is 10.2 Å². The van der Waals surface area contributed by atoms with Crippen molar-refractivity contribution in [3.8, 4) is 12.3 Å². The van der Waals surface area contributed by atoms with E-state index < -0.39 is 0 Å². The summed E-state index contributed by atoms with van der Waals surface area (Å²) in [5.74, 6) is 2.08. The SMILES string of the molecule is C#CCNC(=O)N(C1CC1)[C@H](C)c1ccccc1F. The van der Waals surface area contributed by atoms with Gasteiger partial charge in [-0.2, -0.15) is 0 Å². The van der Waals surface area contributed by atoms with E-state index in [9.17, 15) is 9.18 Å². The number of hydrogen-bond donors (Lipinski definition) is 1. The lowest BCUT2D eigenvalue weighted by Crippen LogP contribution is -2.43. The largest absolute Gasteiger partial charge is 0.327 e. The van der Waals surface area contributed by atoms with Crippen LogP contribution in [0.1, 0.15) is 31.4 Å². The fourth-order valence-electron chi connectivity index (χ4n) is 2.19. The highest BCUT2D eigenvalue weighted by Gasteiger charge is 2.36. The molecule has 1 aromatic carbocycles. The lowest BCUT2D eigenvalue weighted by atomic mass is 10.1. The summed E-state index contributed by atoms with van der Waals surface area (Å²) in [6, 6.07) is 6.21. The van der Waals surface area contributed by atoms with E-state index in [1.54, 1.807) is 23.1 Å². The molecule has 1 N–H and O–H groups in total. The summed E-state index contributed by atoms with van der Waals surface area (Å²) in [4.78, 5) is 13.8. The van der Waals surface area contributed by atoms with Gasteiger partial charge in [0.15, 0.2) is 0 Å². The number of rotatable bonds is 4. The van der Waals surface area contributed by atoms with Crippen LogP contribution in [0.2, 0.25) is 0 Å². The number of nitrogens with one attached hydrogen (secondary N) is 1. The Kier molecular flexibility index (Phi) is 4.06. The van der Waals surface area contributed by atoms with Crippen LogP contribution in [-0.4, -0.2) is 23.5 Å². The van der Waals surface area contributed by atoms with E-state index in [4.69, 9.17) is 6.42 Å². The summed E-state index contributed by atoms with van der Waals surface area (Å²) in [5, 5.41) is 2.65. The lowest BCUT2D eigenvalue weighted by molar-refractivity contribution is 0.175. The van der Waals surface area contributed by atoms with Crippen LogP contribution in [-0.2, 0) is 0 Å². The molecule has 1 atom stereocenters. The topological polar surface area (TPSA) is 32.3 Å². The van der Waals surface area contributed by atoms with Crippen LogP contribution in [0.5, 0.6) is 0 Å². The van der Waals surface area contributed by atoms with Gasteiger partial charge in [0.2, 0.25) is 0 Å². The van der Waals surface area contributed by atoms with E-state index >= 15 is 0 Å². The fourth-order valence-corrected chi connectivity index (χ4v) is 2.19. The molecule has 2 amide bonds. The Balaban J connectivity index is 2.18. The third kappa shape index (κ3) is 3.05. The zero-order valence-electron chi connectivity index (χ0n) is 10.9. The van der Waals surface area contributed by atoms with Crippen molar-refractivity contribution in [2.24, 2.45) is 0 Å². The third-order valence-electron chi connectivity index (χ3n) is 3.29. The second-order valence-corrected chi connectivity index (χ2v) is 4.70. The molecule has 1 aliphatic rings. The first kappa shape index (κ1) is 13.4. The van der Waals surface area contributed by atoms with E-state index in [0.717, 1.165) is 12.8 Å². The number of terminal acetylenes is 1. The molecule has 0 bridgehead atoms. The van der Waals surface area contributed by atoms with Crippen LogP contribution >= 0.6 is 0 Å². The highest BCUT2D eigenvalue weighted by molar-refractivity contribution is 5.75. The molecule has 0 saturated heterocycles. The first-order chi connectivity index (χ1) is 9.15. The first-order valence-electron chi connectivity index (χ1n) is 6.39. The van der Waals surface area contributed by atoms with Crippen molar-refractivity contribution in [2.45, 2.75) is 31.8 Å². The summed E-state index contributed by atoms with van der Waals surface area (Å²) in [6.45, 7) is 2.03. The summed E-state index contributed by atoms with van der Waals surface area (Å²) < 4.78 is 13.8. The van der Waals surface area contributed by atoms with Gasteiger partial charge in [-0.1, -0.05) is 24.1 Å². The average molecular weight is 260 g/mol. The van der Waals surface area contributed by atoms with Gasteiger partial charge in [0.1, 0.15) is 5.82 Å². The Labute approximate surface area is 112 Å². The molecule has 0 aliphatic heterocycles. The summed E-state index contributed by atoms with van der Waals surface area (Å²) in [7, 11) is 0. The van der Waals surface area contributed by atoms with Crippen LogP contribution in [0.4, 0.5) is 9.18 Å². The van der Waals surface area contributed by atoms with Crippen molar-refractivity contribution in [3.63, 3.8) is 0 Å². The standard InChI is InChI=1S/C15H17FN2O/c1-3-10-17-15(19)18(12-8-9-12)11(2)13-6-4-5-7-14(13)16/h1,4-7,11-12H,8-10H2,2H3,(H,17,19)/t11-/m1/s1. The van der Waals surface area contributed by atoms with Crippen molar-refractivity contribution >= 4 is 6.03 Å². The normalized spacial score (nSPS) is 15.4. The third-order valence-corrected chi connectivity index (χ3v) is 3.29. The molecule has 1 aromatic rings. The van der Waals surface area contributed by atoms with Gasteiger partial charge >= 0.3 is 6.03 Å². The summed E-state index contributed by atoms with van der Waals surface area (Å²) in [6.07, 6.45) is 7.06. The maximum absolute atomic E-state index is 13.8. The van der Waals surface area contributed by atoms with Gasteiger partial charge in [-0.05, 0) is 25.8 Å². The molecular weight excluding hydrogens is 243 g/mol. The molecule has 100 valence electrons. The van der Waals surface area contributed by atoms with E-state index in [1.807, 2.05) is 6.92 Å². The molecule has 1 aliphatic carbocycles. The molecule has 0 spiro atoms. The molecule has 0 radical (unpaired) electrons. The van der Waals surface area contributed by atoms with Gasteiger partial charge in [0.05, 0.1) is 12.6 Å². The van der Waals surface area contributed by atoms with Crippen LogP contribution in [0.15, 0.2) is 24.3 Å². The Morgan fingerprint density at radius 2 is 2.26 bits per heavy atom. The number of benzene rings is 1. The number of nitrogens with zero attached hydrogens (tertiary/aromatic N) is 1. The number of hydrogen-bond acceptors (Lipinski definition) is 1. The number of halogens is 1. The van der Waals surface area contributed by atoms with Crippen molar-refractivity contribution in [1.29, 1.82) is 0 Å². The van der Waals surface area contributed by atoms with Crippen molar-refractivity contribution in [3.05, 3.63) is 35.6 Å². The van der Waals surface area contributed by atoms with Gasteiger partial charge in [0, 0.05) is 11.6 Å². The summed E-state index contributed by atoms with van der Waals surface area (Å²) in [5.41, 5.74) is 0.533. The number of urea groups is 1. The van der Waals surface area contributed by atoms with Crippen molar-refractivity contribution < 1.29 is 9.18 Å². The van der Waals surface area contributed by atoms with E-state index in [0.29, 0.717) is 5.56 Å². The minimum Gasteiger partial charge on any atom is -0.327 e. The van der Waals surface area contributed by atoms with Crippen LogP contribution < -0.4 is 5.32 Å². The monoisotopic (exact) mass is 260 g/mol. The van der Waals surface area contributed by atoms with Gasteiger partial charge in [-0.25, -0.2) is 9.18 Å². The predicted octanol–water partition coefficient (Wildman–Crippen LogP) is 2.69. The van der Waals surface area contributed by atoms with Crippen molar-refractivity contribution in [2.75, 3.05) is 6.54 Å². The number of carbonyl (C=O) groups excluding carboxylic acids is 1. The number of amides is 2. The molecule has 0 aromatic heterocycles. The molecule has 2 rings (SSSR count). The van der Waals surface area contributed by atoms with Gasteiger partial charge in [0.25, 0.3) is 0 Å². The molecule has 1 saturated carbocycles. The molecule has 3 nitrogen and oxygen atoms in total. The minimum atomic E-state index is -0.300. The van der Waals surface area contributed by atoms with Gasteiger partial charge in [-0.3, -0.25) is 0 Å². The van der Waals surface area contributed by atoms with Crippen LogP contribution in [0, 0.1) is 18.2 Å². The fraction of sp³-hybridized carbons (Fsp3) is 0.400. The molecule has 0 unspecified atom stereocenters. The van der Waals surface area contributed by atoms with Crippen LogP contribution in [0.25, 0.3) is 0 Å². The zero-order valence-corrected chi connectivity index (χ0v) is 10.9. The Morgan fingerprint density at radius 3 is 2.84 bits per heavy atom. The smallest absolute Gasteiger partial charge is 0.318 e. The molecule has 19 heavy (non-hydrogen) atoms.